The smallest absolute Gasteiger partial charge is 0.106 e. The number of aliphatic hydroxyl groups is 1. The lowest BCUT2D eigenvalue weighted by Crippen LogP contribution is -1.84. The maximum atomic E-state index is 8.86. The quantitative estimate of drug-likeness (QED) is 0.796. The highest BCUT2D eigenvalue weighted by atomic mass is 32.2. The fraction of sp³-hybridized carbons (Fsp3) is 0.625. The van der Waals surface area contributed by atoms with E-state index in [1.807, 2.05) is 11.8 Å². The molecule has 0 saturated carbocycles. The first-order valence-corrected chi connectivity index (χ1v) is 5.94. The molecule has 0 radical (unpaired) electrons. The maximum Gasteiger partial charge on any atom is 0.106 e. The van der Waals surface area contributed by atoms with Crippen molar-refractivity contribution < 1.29 is 5.11 Å². The third-order valence-electron chi connectivity index (χ3n) is 1.93. The first kappa shape index (κ1) is 8.53. The molecule has 2 rings (SSSR count). The molecular formula is C8H11NOS2. The fourth-order valence-corrected chi connectivity index (χ4v) is 3.61. The molecule has 0 spiro atoms. The minimum atomic E-state index is 0.134. The van der Waals surface area contributed by atoms with Gasteiger partial charge >= 0.3 is 0 Å². The van der Waals surface area contributed by atoms with Crippen molar-refractivity contribution in [2.24, 2.45) is 0 Å². The number of thiazole rings is 1. The lowest BCUT2D eigenvalue weighted by molar-refractivity contribution is 0.285. The van der Waals surface area contributed by atoms with E-state index < -0.39 is 0 Å². The molecule has 1 saturated heterocycles. The normalized spacial score (nSPS) is 23.2. The van der Waals surface area contributed by atoms with E-state index in [1.54, 1.807) is 17.5 Å². The summed E-state index contributed by atoms with van der Waals surface area (Å²) >= 11 is 3.63. The Hall–Kier alpha value is -0.0600. The van der Waals surface area contributed by atoms with E-state index in [0.717, 1.165) is 4.88 Å². The number of thioether (sulfide) groups is 1. The van der Waals surface area contributed by atoms with Crippen LogP contribution in [0.5, 0.6) is 0 Å². The van der Waals surface area contributed by atoms with Crippen LogP contribution in [-0.2, 0) is 6.61 Å². The van der Waals surface area contributed by atoms with Gasteiger partial charge in [-0.25, -0.2) is 4.98 Å². The summed E-state index contributed by atoms with van der Waals surface area (Å²) < 4.78 is 0. The van der Waals surface area contributed by atoms with Crippen LogP contribution in [0.15, 0.2) is 6.20 Å². The third kappa shape index (κ3) is 1.65. The molecule has 0 aliphatic carbocycles. The number of nitrogens with zero attached hydrogens (tertiary/aromatic N) is 1. The van der Waals surface area contributed by atoms with Crippen LogP contribution in [0, 0.1) is 0 Å². The third-order valence-corrected chi connectivity index (χ3v) is 4.56. The van der Waals surface area contributed by atoms with Crippen LogP contribution in [0.3, 0.4) is 0 Å². The van der Waals surface area contributed by atoms with E-state index in [0.29, 0.717) is 5.25 Å². The predicted molar refractivity (Wildman–Crippen MR) is 52.5 cm³/mol. The standard InChI is InChI=1S/C8H11NOS2/c10-5-6-4-9-8(12-6)7-2-1-3-11-7/h4,7,10H,1-3,5H2. The van der Waals surface area contributed by atoms with Crippen LogP contribution in [0.4, 0.5) is 0 Å². The Morgan fingerprint density at radius 2 is 2.58 bits per heavy atom. The molecule has 1 atom stereocenters. The lowest BCUT2D eigenvalue weighted by atomic mass is 10.3. The molecule has 1 N–H and O–H groups in total. The molecule has 0 bridgehead atoms. The average Bonchev–Trinajstić information content (AvgIpc) is 2.75. The lowest BCUT2D eigenvalue weighted by Gasteiger charge is -2.01. The molecule has 1 fully saturated rings. The van der Waals surface area contributed by atoms with E-state index in [9.17, 15) is 0 Å². The van der Waals surface area contributed by atoms with Gasteiger partial charge in [-0.2, -0.15) is 11.8 Å². The fourth-order valence-electron chi connectivity index (χ4n) is 1.32. The summed E-state index contributed by atoms with van der Waals surface area (Å²) in [4.78, 5) is 5.29. The first-order chi connectivity index (χ1) is 5.90. The maximum absolute atomic E-state index is 8.86. The number of aliphatic hydroxyl groups excluding tert-OH is 1. The molecule has 4 heteroatoms. The van der Waals surface area contributed by atoms with Gasteiger partial charge in [-0.15, -0.1) is 11.3 Å². The zero-order valence-electron chi connectivity index (χ0n) is 6.69. The summed E-state index contributed by atoms with van der Waals surface area (Å²) in [6, 6.07) is 0. The molecule has 66 valence electrons. The van der Waals surface area contributed by atoms with Crippen molar-refractivity contribution in [1.82, 2.24) is 4.98 Å². The second kappa shape index (κ2) is 3.77. The molecule has 2 heterocycles. The summed E-state index contributed by atoms with van der Waals surface area (Å²) in [5.41, 5.74) is 0. The molecule has 0 aromatic carbocycles. The largest absolute Gasteiger partial charge is 0.391 e. The molecule has 1 aromatic heterocycles. The second-order valence-corrected chi connectivity index (χ2v) is 5.28. The van der Waals surface area contributed by atoms with Crippen LogP contribution in [0.25, 0.3) is 0 Å². The number of hydrogen-bond donors (Lipinski definition) is 1. The molecule has 1 aliphatic rings. The van der Waals surface area contributed by atoms with Crippen LogP contribution in [0.2, 0.25) is 0 Å². The van der Waals surface area contributed by atoms with Crippen molar-refractivity contribution in [2.75, 3.05) is 5.75 Å². The van der Waals surface area contributed by atoms with E-state index in [-0.39, 0.29) is 6.61 Å². The number of hydrogen-bond acceptors (Lipinski definition) is 4. The van der Waals surface area contributed by atoms with Gasteiger partial charge in [0.15, 0.2) is 0 Å². The Bertz CT molecular complexity index is 255. The summed E-state index contributed by atoms with van der Waals surface area (Å²) in [5.74, 6) is 1.26. The van der Waals surface area contributed by atoms with Gasteiger partial charge in [0.2, 0.25) is 0 Å². The highest BCUT2D eigenvalue weighted by Crippen LogP contribution is 2.41. The zero-order chi connectivity index (χ0) is 8.39. The Balaban J connectivity index is 2.11. The SMILES string of the molecule is OCc1cnc(C2CCCS2)s1. The molecule has 2 nitrogen and oxygen atoms in total. The van der Waals surface area contributed by atoms with Crippen LogP contribution in [-0.4, -0.2) is 15.8 Å². The molecule has 1 aromatic rings. The highest BCUT2D eigenvalue weighted by molar-refractivity contribution is 7.99. The van der Waals surface area contributed by atoms with E-state index in [4.69, 9.17) is 5.11 Å². The van der Waals surface area contributed by atoms with Gasteiger partial charge in [-0.1, -0.05) is 0 Å². The number of aromatic nitrogens is 1. The van der Waals surface area contributed by atoms with E-state index in [1.165, 1.54) is 23.6 Å². The van der Waals surface area contributed by atoms with E-state index in [2.05, 4.69) is 4.98 Å². The van der Waals surface area contributed by atoms with Gasteiger partial charge < -0.3 is 5.11 Å². The second-order valence-electron chi connectivity index (χ2n) is 2.82. The summed E-state index contributed by atoms with van der Waals surface area (Å²) in [6.45, 7) is 0.134. The predicted octanol–water partition coefficient (Wildman–Crippen LogP) is 2.20. The molecular weight excluding hydrogens is 190 g/mol. The zero-order valence-corrected chi connectivity index (χ0v) is 8.33. The van der Waals surface area contributed by atoms with Crippen molar-refractivity contribution >= 4 is 23.1 Å². The Morgan fingerprint density at radius 1 is 1.67 bits per heavy atom. The van der Waals surface area contributed by atoms with Gasteiger partial charge in [0.25, 0.3) is 0 Å². The molecule has 0 amide bonds. The summed E-state index contributed by atoms with van der Waals surface area (Å²) in [6.07, 6.45) is 4.35. The Labute approximate surface area is 80.0 Å². The number of rotatable bonds is 2. The molecule has 12 heavy (non-hydrogen) atoms. The van der Waals surface area contributed by atoms with Crippen LogP contribution in [0.1, 0.15) is 28.0 Å². The Kier molecular flexibility index (Phi) is 2.68. The summed E-state index contributed by atoms with van der Waals surface area (Å²) in [5, 5.41) is 10.7. The van der Waals surface area contributed by atoms with Crippen molar-refractivity contribution in [3.63, 3.8) is 0 Å². The van der Waals surface area contributed by atoms with Gasteiger partial charge in [0.05, 0.1) is 16.7 Å². The topological polar surface area (TPSA) is 33.1 Å². The van der Waals surface area contributed by atoms with E-state index >= 15 is 0 Å². The highest BCUT2D eigenvalue weighted by Gasteiger charge is 2.20. The molecule has 1 aliphatic heterocycles. The van der Waals surface area contributed by atoms with Gasteiger partial charge in [0.1, 0.15) is 5.01 Å². The average molecular weight is 201 g/mol. The minimum Gasteiger partial charge on any atom is -0.391 e. The minimum absolute atomic E-state index is 0.134. The van der Waals surface area contributed by atoms with Gasteiger partial charge in [0, 0.05) is 6.20 Å². The Morgan fingerprint density at radius 3 is 3.17 bits per heavy atom. The van der Waals surface area contributed by atoms with Crippen molar-refractivity contribution in [1.29, 1.82) is 0 Å². The van der Waals surface area contributed by atoms with Crippen molar-refractivity contribution in [3.8, 4) is 0 Å². The monoisotopic (exact) mass is 201 g/mol. The van der Waals surface area contributed by atoms with Crippen LogP contribution >= 0.6 is 23.1 Å². The first-order valence-electron chi connectivity index (χ1n) is 4.07. The summed E-state index contributed by atoms with van der Waals surface area (Å²) in [7, 11) is 0. The van der Waals surface area contributed by atoms with Crippen LogP contribution < -0.4 is 0 Å². The van der Waals surface area contributed by atoms with Crippen molar-refractivity contribution in [2.45, 2.75) is 24.7 Å². The van der Waals surface area contributed by atoms with Crippen molar-refractivity contribution in [3.05, 3.63) is 16.1 Å². The van der Waals surface area contributed by atoms with Gasteiger partial charge in [-0.05, 0) is 18.6 Å². The van der Waals surface area contributed by atoms with Gasteiger partial charge in [-0.3, -0.25) is 0 Å². The molecule has 1 unspecified atom stereocenters.